The van der Waals surface area contributed by atoms with Crippen molar-refractivity contribution in [1.82, 2.24) is 10.2 Å². The first kappa shape index (κ1) is 16.1. The molecule has 0 spiro atoms. The molecule has 0 radical (unpaired) electrons. The van der Waals surface area contributed by atoms with E-state index >= 15 is 0 Å². The van der Waals surface area contributed by atoms with Gasteiger partial charge >= 0.3 is 12.0 Å². The van der Waals surface area contributed by atoms with E-state index in [-0.39, 0.29) is 18.7 Å². The maximum Gasteiger partial charge on any atom is 0.317 e. The molecule has 0 aromatic carbocycles. The molecule has 1 saturated heterocycles. The number of hydrogen-bond donors (Lipinski definition) is 2. The fourth-order valence-corrected chi connectivity index (χ4v) is 2.93. The van der Waals surface area contributed by atoms with Gasteiger partial charge in [0.1, 0.15) is 5.92 Å². The molecule has 2 aliphatic rings. The Balaban J connectivity index is 1.92. The largest absolute Gasteiger partial charge is 0.481 e. The highest BCUT2D eigenvalue weighted by molar-refractivity contribution is 5.77. The van der Waals surface area contributed by atoms with Crippen molar-refractivity contribution in [2.75, 3.05) is 26.3 Å². The molecule has 1 aliphatic carbocycles. The van der Waals surface area contributed by atoms with Gasteiger partial charge in [0.05, 0.1) is 19.3 Å². The third kappa shape index (κ3) is 4.09. The number of nitrogens with one attached hydrogen (secondary N) is 1. The zero-order chi connectivity index (χ0) is 15.4. The zero-order valence-electron chi connectivity index (χ0n) is 12.9. The van der Waals surface area contributed by atoms with Crippen LogP contribution < -0.4 is 5.32 Å². The lowest BCUT2D eigenvalue weighted by atomic mass is 10.0. The number of carbonyl (C=O) groups excluding carboxylic acids is 1. The summed E-state index contributed by atoms with van der Waals surface area (Å²) in [6, 6.07) is -0.523. The molecule has 3 unspecified atom stereocenters. The number of carboxylic acid groups (broad SMARTS) is 1. The molecule has 1 heterocycles. The van der Waals surface area contributed by atoms with E-state index < -0.39 is 11.9 Å². The van der Waals surface area contributed by atoms with Crippen LogP contribution in [0.5, 0.6) is 0 Å². The highest BCUT2D eigenvalue weighted by Crippen LogP contribution is 2.36. The summed E-state index contributed by atoms with van der Waals surface area (Å²) in [5.74, 6) is -0.278. The molecule has 2 amide bonds. The van der Waals surface area contributed by atoms with Crippen LogP contribution >= 0.6 is 0 Å². The van der Waals surface area contributed by atoms with Crippen molar-refractivity contribution in [2.24, 2.45) is 17.8 Å². The van der Waals surface area contributed by atoms with Crippen molar-refractivity contribution in [3.8, 4) is 0 Å². The molecule has 2 rings (SSSR count). The molecule has 6 heteroatoms. The number of nitrogens with zero attached hydrogens (tertiary/aromatic N) is 1. The second kappa shape index (κ2) is 7.11. The molecule has 2 N–H and O–H groups in total. The molecule has 0 aromatic heterocycles. The summed E-state index contributed by atoms with van der Waals surface area (Å²) in [5.41, 5.74) is 0. The SMILES string of the molecule is CCCN(C(=O)NCC(C)C1CC1)C1COCC1C(=O)O. The number of hydrogen-bond acceptors (Lipinski definition) is 3. The summed E-state index contributed by atoms with van der Waals surface area (Å²) < 4.78 is 5.28. The first-order valence-electron chi connectivity index (χ1n) is 7.89. The van der Waals surface area contributed by atoms with Crippen molar-refractivity contribution in [3.63, 3.8) is 0 Å². The van der Waals surface area contributed by atoms with E-state index in [0.717, 1.165) is 12.3 Å². The summed E-state index contributed by atoms with van der Waals surface area (Å²) in [7, 11) is 0. The van der Waals surface area contributed by atoms with E-state index in [2.05, 4.69) is 12.2 Å². The van der Waals surface area contributed by atoms with Crippen LogP contribution in [-0.4, -0.2) is 54.4 Å². The van der Waals surface area contributed by atoms with E-state index in [1.807, 2.05) is 6.92 Å². The van der Waals surface area contributed by atoms with E-state index in [0.29, 0.717) is 25.6 Å². The van der Waals surface area contributed by atoms with E-state index in [9.17, 15) is 14.7 Å². The molecular weight excluding hydrogens is 272 g/mol. The summed E-state index contributed by atoms with van der Waals surface area (Å²) in [4.78, 5) is 25.3. The minimum absolute atomic E-state index is 0.161. The minimum atomic E-state index is -0.891. The van der Waals surface area contributed by atoms with Crippen LogP contribution in [0.1, 0.15) is 33.1 Å². The lowest BCUT2D eigenvalue weighted by Crippen LogP contribution is -2.51. The Labute approximate surface area is 125 Å². The molecule has 1 aliphatic heterocycles. The number of carbonyl (C=O) groups is 2. The number of rotatable bonds is 7. The van der Waals surface area contributed by atoms with Crippen LogP contribution in [0.4, 0.5) is 4.79 Å². The summed E-state index contributed by atoms with van der Waals surface area (Å²) in [5, 5.41) is 12.2. The van der Waals surface area contributed by atoms with Gasteiger partial charge in [0, 0.05) is 13.1 Å². The third-order valence-electron chi connectivity index (χ3n) is 4.50. The average molecular weight is 298 g/mol. The number of carboxylic acids is 1. The van der Waals surface area contributed by atoms with E-state index in [1.165, 1.54) is 12.8 Å². The fraction of sp³-hybridized carbons (Fsp3) is 0.867. The van der Waals surface area contributed by atoms with Gasteiger partial charge in [-0.2, -0.15) is 0 Å². The van der Waals surface area contributed by atoms with Gasteiger partial charge in [-0.1, -0.05) is 13.8 Å². The number of urea groups is 1. The Bertz CT molecular complexity index is 384. The van der Waals surface area contributed by atoms with Crippen LogP contribution in [-0.2, 0) is 9.53 Å². The molecule has 120 valence electrons. The maximum atomic E-state index is 12.4. The molecular formula is C15H26N2O4. The molecule has 2 fully saturated rings. The summed E-state index contributed by atoms with van der Waals surface area (Å²) in [6.07, 6.45) is 3.31. The smallest absolute Gasteiger partial charge is 0.317 e. The van der Waals surface area contributed by atoms with Crippen LogP contribution in [0.15, 0.2) is 0 Å². The molecule has 6 nitrogen and oxygen atoms in total. The summed E-state index contributed by atoms with van der Waals surface area (Å²) in [6.45, 7) is 5.85. The molecule has 21 heavy (non-hydrogen) atoms. The van der Waals surface area contributed by atoms with E-state index in [1.54, 1.807) is 4.90 Å². The summed E-state index contributed by atoms with van der Waals surface area (Å²) >= 11 is 0. The quantitative estimate of drug-likeness (QED) is 0.747. The van der Waals surface area contributed by atoms with Crippen molar-refractivity contribution >= 4 is 12.0 Å². The van der Waals surface area contributed by atoms with Crippen LogP contribution in [0.2, 0.25) is 0 Å². The monoisotopic (exact) mass is 298 g/mol. The van der Waals surface area contributed by atoms with Crippen molar-refractivity contribution in [1.29, 1.82) is 0 Å². The predicted molar refractivity (Wildman–Crippen MR) is 78.0 cm³/mol. The number of aliphatic carboxylic acids is 1. The Hall–Kier alpha value is -1.30. The van der Waals surface area contributed by atoms with Gasteiger partial charge in [-0.15, -0.1) is 0 Å². The van der Waals surface area contributed by atoms with Gasteiger partial charge in [-0.25, -0.2) is 4.79 Å². The van der Waals surface area contributed by atoms with Crippen molar-refractivity contribution in [2.45, 2.75) is 39.2 Å². The molecule has 3 atom stereocenters. The molecule has 0 aromatic rings. The standard InChI is InChI=1S/C15H26N2O4/c1-3-6-17(13-9-21-8-12(13)14(18)19)15(20)16-7-10(2)11-4-5-11/h10-13H,3-9H2,1-2H3,(H,16,20)(H,18,19). The Morgan fingerprint density at radius 1 is 1.38 bits per heavy atom. The van der Waals surface area contributed by atoms with Gasteiger partial charge in [0.15, 0.2) is 0 Å². The first-order chi connectivity index (χ1) is 10.0. The van der Waals surface area contributed by atoms with Crippen molar-refractivity contribution in [3.05, 3.63) is 0 Å². The zero-order valence-corrected chi connectivity index (χ0v) is 12.9. The lowest BCUT2D eigenvalue weighted by molar-refractivity contribution is -0.142. The highest BCUT2D eigenvalue weighted by atomic mass is 16.5. The van der Waals surface area contributed by atoms with Crippen LogP contribution in [0, 0.1) is 17.8 Å². The Kier molecular flexibility index (Phi) is 5.45. The van der Waals surface area contributed by atoms with Crippen LogP contribution in [0.3, 0.4) is 0 Å². The second-order valence-electron chi connectivity index (χ2n) is 6.24. The highest BCUT2D eigenvalue weighted by Gasteiger charge is 2.40. The Morgan fingerprint density at radius 2 is 2.10 bits per heavy atom. The average Bonchev–Trinajstić information content (AvgIpc) is 3.19. The van der Waals surface area contributed by atoms with Gasteiger partial charge in [0.2, 0.25) is 0 Å². The van der Waals surface area contributed by atoms with Crippen molar-refractivity contribution < 1.29 is 19.4 Å². The van der Waals surface area contributed by atoms with Gasteiger partial charge in [-0.3, -0.25) is 4.79 Å². The van der Waals surface area contributed by atoms with Gasteiger partial charge in [-0.05, 0) is 31.1 Å². The fourth-order valence-electron chi connectivity index (χ4n) is 2.93. The number of amides is 2. The second-order valence-corrected chi connectivity index (χ2v) is 6.24. The van der Waals surface area contributed by atoms with E-state index in [4.69, 9.17) is 4.74 Å². The third-order valence-corrected chi connectivity index (χ3v) is 4.50. The predicted octanol–water partition coefficient (Wildman–Crippen LogP) is 1.55. The van der Waals surface area contributed by atoms with Crippen LogP contribution in [0.25, 0.3) is 0 Å². The van der Waals surface area contributed by atoms with Gasteiger partial charge < -0.3 is 20.1 Å². The number of ether oxygens (including phenoxy) is 1. The van der Waals surface area contributed by atoms with Gasteiger partial charge in [0.25, 0.3) is 0 Å². The topological polar surface area (TPSA) is 78.9 Å². The maximum absolute atomic E-state index is 12.4. The normalized spacial score (nSPS) is 26.4. The first-order valence-corrected chi connectivity index (χ1v) is 7.89. The molecule has 1 saturated carbocycles. The molecule has 0 bridgehead atoms. The minimum Gasteiger partial charge on any atom is -0.481 e. The Morgan fingerprint density at radius 3 is 2.67 bits per heavy atom. The lowest BCUT2D eigenvalue weighted by Gasteiger charge is -2.30.